The highest BCUT2D eigenvalue weighted by molar-refractivity contribution is 7.08. The van der Waals surface area contributed by atoms with Gasteiger partial charge in [0.15, 0.2) is 0 Å². The number of alkyl halides is 3. The van der Waals surface area contributed by atoms with Crippen LogP contribution in [0.4, 0.5) is 13.2 Å². The Morgan fingerprint density at radius 1 is 1.17 bits per heavy atom. The average Bonchev–Trinajstić information content (AvgIpc) is 3.60. The van der Waals surface area contributed by atoms with Crippen LogP contribution < -0.4 is 0 Å². The summed E-state index contributed by atoms with van der Waals surface area (Å²) in [6.07, 6.45) is -0.0566. The van der Waals surface area contributed by atoms with E-state index < -0.39 is 12.1 Å². The van der Waals surface area contributed by atoms with E-state index in [0.717, 1.165) is 23.3 Å². The minimum atomic E-state index is -5.08. The van der Waals surface area contributed by atoms with E-state index in [4.69, 9.17) is 14.3 Å². The lowest BCUT2D eigenvalue weighted by atomic mass is 10.1. The lowest BCUT2D eigenvalue weighted by Gasteiger charge is -2.38. The van der Waals surface area contributed by atoms with Crippen LogP contribution in [0.15, 0.2) is 58.2 Å². The number of amides is 1. The number of pyridine rings is 1. The first-order valence-electron chi connectivity index (χ1n) is 10.3. The SMILES string of the molecule is CN1CCN(C(=O)c2ccoc2)CC1c1nnn2cc(-c3ccsc3)ccc12.O=C(O)C(F)(F)F. The van der Waals surface area contributed by atoms with Crippen LogP contribution in [0.2, 0.25) is 0 Å². The van der Waals surface area contributed by atoms with Gasteiger partial charge in [0.25, 0.3) is 5.91 Å². The standard InChI is InChI=1S/C20H19N5O2S.C2HF3O2/c1-23-6-7-24(20(26)15-4-8-27-12-15)11-18(23)19-17-3-2-14(10-25(17)22-21-19)16-5-9-28-13-16;3-2(4,5)1(6)7/h2-5,8-10,12-13,18H,6-7,11H2,1H3;(H,6,7). The van der Waals surface area contributed by atoms with Crippen LogP contribution in [0.5, 0.6) is 0 Å². The topological polar surface area (TPSA) is 104 Å². The number of carbonyl (C=O) groups is 2. The van der Waals surface area contributed by atoms with Crippen LogP contribution in [0, 0.1) is 0 Å². The first kappa shape index (κ1) is 24.4. The number of hydrogen-bond acceptors (Lipinski definition) is 7. The number of fused-ring (bicyclic) bond motifs is 1. The second kappa shape index (κ2) is 9.88. The zero-order chi connectivity index (χ0) is 25.2. The number of furan rings is 1. The Morgan fingerprint density at radius 3 is 2.57 bits per heavy atom. The monoisotopic (exact) mass is 507 g/mol. The molecule has 13 heteroatoms. The molecule has 0 aromatic carbocycles. The van der Waals surface area contributed by atoms with E-state index >= 15 is 0 Å². The van der Waals surface area contributed by atoms with Crippen molar-refractivity contribution in [1.29, 1.82) is 0 Å². The van der Waals surface area contributed by atoms with Gasteiger partial charge in [-0.05, 0) is 41.6 Å². The maximum atomic E-state index is 12.7. The van der Waals surface area contributed by atoms with Crippen molar-refractivity contribution in [3.63, 3.8) is 0 Å². The lowest BCUT2D eigenvalue weighted by Crippen LogP contribution is -2.49. The molecule has 0 bridgehead atoms. The maximum absolute atomic E-state index is 12.7. The summed E-state index contributed by atoms with van der Waals surface area (Å²) in [4.78, 5) is 25.7. The van der Waals surface area contributed by atoms with Crippen molar-refractivity contribution >= 4 is 28.7 Å². The highest BCUT2D eigenvalue weighted by Crippen LogP contribution is 2.29. The van der Waals surface area contributed by atoms with Crippen LogP contribution >= 0.6 is 11.3 Å². The molecule has 1 aliphatic rings. The molecule has 0 aliphatic carbocycles. The molecule has 1 atom stereocenters. The third-order valence-electron chi connectivity index (χ3n) is 5.56. The van der Waals surface area contributed by atoms with Crippen molar-refractivity contribution < 1.29 is 32.3 Å². The van der Waals surface area contributed by atoms with Gasteiger partial charge in [-0.2, -0.15) is 24.5 Å². The molecule has 0 saturated carbocycles. The van der Waals surface area contributed by atoms with Crippen LogP contribution in [-0.4, -0.2) is 74.5 Å². The fraction of sp³-hybridized carbons (Fsp3) is 0.273. The van der Waals surface area contributed by atoms with Gasteiger partial charge in [-0.25, -0.2) is 9.31 Å². The summed E-state index contributed by atoms with van der Waals surface area (Å²) < 4.78 is 38.6. The molecule has 1 fully saturated rings. The van der Waals surface area contributed by atoms with Gasteiger partial charge in [0.05, 0.1) is 23.4 Å². The van der Waals surface area contributed by atoms with Crippen molar-refractivity contribution in [3.8, 4) is 11.1 Å². The Kier molecular flexibility index (Phi) is 6.89. The van der Waals surface area contributed by atoms with Crippen molar-refractivity contribution in [2.75, 3.05) is 26.7 Å². The number of aliphatic carboxylic acids is 1. The number of carbonyl (C=O) groups excluding carboxylic acids is 1. The smallest absolute Gasteiger partial charge is 0.475 e. The molecule has 4 aromatic rings. The van der Waals surface area contributed by atoms with Gasteiger partial charge >= 0.3 is 12.1 Å². The molecular weight excluding hydrogens is 487 g/mol. The number of nitrogens with zero attached hydrogens (tertiary/aromatic N) is 5. The highest BCUT2D eigenvalue weighted by Gasteiger charge is 2.38. The average molecular weight is 507 g/mol. The van der Waals surface area contributed by atoms with E-state index in [1.54, 1.807) is 17.4 Å². The number of carboxylic acids is 1. The van der Waals surface area contributed by atoms with Crippen LogP contribution in [-0.2, 0) is 4.79 Å². The van der Waals surface area contributed by atoms with Crippen molar-refractivity contribution in [2.24, 2.45) is 0 Å². The van der Waals surface area contributed by atoms with Crippen molar-refractivity contribution in [2.45, 2.75) is 12.2 Å². The van der Waals surface area contributed by atoms with E-state index in [1.165, 1.54) is 18.1 Å². The van der Waals surface area contributed by atoms with Gasteiger partial charge in [0.2, 0.25) is 0 Å². The molecule has 0 spiro atoms. The van der Waals surface area contributed by atoms with Crippen molar-refractivity contribution in [3.05, 3.63) is 65.0 Å². The van der Waals surface area contributed by atoms with E-state index in [1.807, 2.05) is 15.6 Å². The summed E-state index contributed by atoms with van der Waals surface area (Å²) in [6.45, 7) is 2.03. The molecule has 35 heavy (non-hydrogen) atoms. The van der Waals surface area contributed by atoms with Crippen LogP contribution in [0.1, 0.15) is 22.1 Å². The lowest BCUT2D eigenvalue weighted by molar-refractivity contribution is -0.192. The number of piperazine rings is 1. The number of likely N-dealkylation sites (N-methyl/N-ethyl adjacent to an activating group) is 1. The van der Waals surface area contributed by atoms with Gasteiger partial charge in [0, 0.05) is 31.4 Å². The number of halogens is 3. The van der Waals surface area contributed by atoms with Crippen LogP contribution in [0.3, 0.4) is 0 Å². The summed E-state index contributed by atoms with van der Waals surface area (Å²) >= 11 is 1.67. The van der Waals surface area contributed by atoms with Crippen LogP contribution in [0.25, 0.3) is 16.6 Å². The molecule has 1 amide bonds. The molecular formula is C22H20F3N5O4S. The van der Waals surface area contributed by atoms with Gasteiger partial charge < -0.3 is 14.4 Å². The third kappa shape index (κ3) is 5.35. The summed E-state index contributed by atoms with van der Waals surface area (Å²) in [5, 5.41) is 20.1. The zero-order valence-corrected chi connectivity index (χ0v) is 19.2. The van der Waals surface area contributed by atoms with Gasteiger partial charge in [-0.15, -0.1) is 5.10 Å². The Labute approximate surface area is 201 Å². The predicted octanol–water partition coefficient (Wildman–Crippen LogP) is 3.81. The van der Waals surface area contributed by atoms with E-state index in [2.05, 4.69) is 51.2 Å². The maximum Gasteiger partial charge on any atom is 0.490 e. The fourth-order valence-electron chi connectivity index (χ4n) is 3.67. The minimum absolute atomic E-state index is 0.00546. The molecule has 184 valence electrons. The molecule has 1 saturated heterocycles. The molecule has 0 radical (unpaired) electrons. The van der Waals surface area contributed by atoms with E-state index in [0.29, 0.717) is 18.7 Å². The number of carboxylic acid groups (broad SMARTS) is 1. The third-order valence-corrected chi connectivity index (χ3v) is 6.24. The second-order valence-corrected chi connectivity index (χ2v) is 8.58. The quantitative estimate of drug-likeness (QED) is 0.450. The van der Waals surface area contributed by atoms with E-state index in [9.17, 15) is 18.0 Å². The predicted molar refractivity (Wildman–Crippen MR) is 120 cm³/mol. The first-order valence-corrected chi connectivity index (χ1v) is 11.3. The zero-order valence-electron chi connectivity index (χ0n) is 18.3. The number of aromatic nitrogens is 3. The number of rotatable bonds is 3. The van der Waals surface area contributed by atoms with Gasteiger partial charge in [-0.1, -0.05) is 11.3 Å². The summed E-state index contributed by atoms with van der Waals surface area (Å²) in [5.74, 6) is -2.77. The van der Waals surface area contributed by atoms with Gasteiger partial charge in [0.1, 0.15) is 12.0 Å². The first-order chi connectivity index (χ1) is 16.6. The summed E-state index contributed by atoms with van der Waals surface area (Å²) in [7, 11) is 2.06. The normalized spacial score (nSPS) is 16.7. The summed E-state index contributed by atoms with van der Waals surface area (Å²) in [6, 6.07) is 7.95. The Balaban J connectivity index is 0.000000364. The van der Waals surface area contributed by atoms with E-state index in [-0.39, 0.29) is 11.9 Å². The second-order valence-electron chi connectivity index (χ2n) is 7.80. The molecule has 1 N–H and O–H groups in total. The minimum Gasteiger partial charge on any atom is -0.475 e. The molecule has 4 aromatic heterocycles. The van der Waals surface area contributed by atoms with Crippen molar-refractivity contribution in [1.82, 2.24) is 24.6 Å². The van der Waals surface area contributed by atoms with Gasteiger partial charge in [-0.3, -0.25) is 9.69 Å². The molecule has 5 heterocycles. The molecule has 5 rings (SSSR count). The Morgan fingerprint density at radius 2 is 1.94 bits per heavy atom. The Hall–Kier alpha value is -3.71. The summed E-state index contributed by atoms with van der Waals surface area (Å²) in [5.41, 5.74) is 4.73. The highest BCUT2D eigenvalue weighted by atomic mass is 32.1. The fourth-order valence-corrected chi connectivity index (χ4v) is 4.34. The Bertz CT molecular complexity index is 1300. The largest absolute Gasteiger partial charge is 0.490 e. The molecule has 9 nitrogen and oxygen atoms in total. The molecule has 1 unspecified atom stereocenters. The number of hydrogen-bond donors (Lipinski definition) is 1. The molecule has 1 aliphatic heterocycles. The number of thiophene rings is 1.